The lowest BCUT2D eigenvalue weighted by Gasteiger charge is -2.55. The average molecular weight is 364 g/mol. The number of ether oxygens (including phenoxy) is 2. The second-order valence-corrected chi connectivity index (χ2v) is 9.63. The number of carbonyl (C=O) groups is 1. The van der Waals surface area contributed by atoms with E-state index in [1.807, 2.05) is 25.7 Å². The molecule has 0 bridgehead atoms. The molecule has 1 amide bonds. The van der Waals surface area contributed by atoms with Gasteiger partial charge in [0.15, 0.2) is 5.96 Å². The summed E-state index contributed by atoms with van der Waals surface area (Å²) in [7, 11) is 0. The standard InChI is InChI=1S/C19H32N4O3/c1-18(2,3)26-17(24)22-7-8-23-12(11-22)10-20-16(23)21-14-13-6-9-25-15(13)19(14,4)5/h12-15H,6-11H2,1-5H3,(H,20,21). The summed E-state index contributed by atoms with van der Waals surface area (Å²) in [6.45, 7) is 14.0. The maximum Gasteiger partial charge on any atom is 0.410 e. The Hall–Kier alpha value is -1.50. The Bertz CT molecular complexity index is 612. The van der Waals surface area contributed by atoms with Gasteiger partial charge in [0.1, 0.15) is 5.60 Å². The predicted octanol–water partition coefficient (Wildman–Crippen LogP) is 1.68. The first-order chi connectivity index (χ1) is 12.2. The first-order valence-corrected chi connectivity index (χ1v) is 9.84. The summed E-state index contributed by atoms with van der Waals surface area (Å²) in [5.41, 5.74) is -0.317. The summed E-state index contributed by atoms with van der Waals surface area (Å²) < 4.78 is 11.4. The first-order valence-electron chi connectivity index (χ1n) is 9.84. The van der Waals surface area contributed by atoms with Gasteiger partial charge in [-0.15, -0.1) is 0 Å². The van der Waals surface area contributed by atoms with Crippen LogP contribution in [0.1, 0.15) is 41.0 Å². The third kappa shape index (κ3) is 2.94. The van der Waals surface area contributed by atoms with Gasteiger partial charge in [-0.2, -0.15) is 0 Å². The highest BCUT2D eigenvalue weighted by atomic mass is 16.6. The molecule has 4 atom stereocenters. The third-order valence-corrected chi connectivity index (χ3v) is 6.24. The van der Waals surface area contributed by atoms with E-state index in [1.165, 1.54) is 0 Å². The molecule has 26 heavy (non-hydrogen) atoms. The van der Waals surface area contributed by atoms with Gasteiger partial charge in [0.2, 0.25) is 0 Å². The van der Waals surface area contributed by atoms with E-state index in [1.54, 1.807) is 0 Å². The van der Waals surface area contributed by atoms with Gasteiger partial charge < -0.3 is 24.6 Å². The molecule has 3 heterocycles. The number of hydrogen-bond donors (Lipinski definition) is 1. The molecule has 0 radical (unpaired) electrons. The molecule has 4 rings (SSSR count). The van der Waals surface area contributed by atoms with Crippen molar-refractivity contribution in [3.05, 3.63) is 0 Å². The Kier molecular flexibility index (Phi) is 4.13. The van der Waals surface area contributed by atoms with Crippen LogP contribution in [0.3, 0.4) is 0 Å². The molecule has 1 saturated carbocycles. The van der Waals surface area contributed by atoms with Crippen molar-refractivity contribution in [2.75, 3.05) is 32.8 Å². The van der Waals surface area contributed by atoms with E-state index in [4.69, 9.17) is 14.5 Å². The minimum Gasteiger partial charge on any atom is -0.444 e. The molecular weight excluding hydrogens is 332 g/mol. The third-order valence-electron chi connectivity index (χ3n) is 6.24. The van der Waals surface area contributed by atoms with Crippen LogP contribution in [0.5, 0.6) is 0 Å². The van der Waals surface area contributed by atoms with Crippen molar-refractivity contribution in [1.82, 2.24) is 15.1 Å². The van der Waals surface area contributed by atoms with Crippen LogP contribution >= 0.6 is 0 Å². The molecule has 4 unspecified atom stereocenters. The van der Waals surface area contributed by atoms with E-state index in [-0.39, 0.29) is 17.6 Å². The predicted molar refractivity (Wildman–Crippen MR) is 99.2 cm³/mol. The summed E-state index contributed by atoms with van der Waals surface area (Å²) in [4.78, 5) is 21.3. The van der Waals surface area contributed by atoms with Gasteiger partial charge in [-0.3, -0.25) is 4.99 Å². The van der Waals surface area contributed by atoms with Crippen LogP contribution in [0, 0.1) is 11.3 Å². The topological polar surface area (TPSA) is 66.4 Å². The quantitative estimate of drug-likeness (QED) is 0.767. The molecule has 3 aliphatic heterocycles. The molecule has 7 nitrogen and oxygen atoms in total. The van der Waals surface area contributed by atoms with E-state index in [0.29, 0.717) is 31.2 Å². The fourth-order valence-corrected chi connectivity index (χ4v) is 4.95. The fraction of sp³-hybridized carbons (Fsp3) is 0.895. The van der Waals surface area contributed by atoms with Crippen molar-refractivity contribution in [3.8, 4) is 0 Å². The number of fused-ring (bicyclic) bond motifs is 2. The molecular formula is C19H32N4O3. The van der Waals surface area contributed by atoms with Crippen molar-refractivity contribution in [3.63, 3.8) is 0 Å². The Balaban J connectivity index is 1.35. The van der Waals surface area contributed by atoms with Gasteiger partial charge in [-0.25, -0.2) is 4.79 Å². The number of rotatable bonds is 1. The van der Waals surface area contributed by atoms with E-state index in [0.717, 1.165) is 32.1 Å². The Morgan fingerprint density at radius 1 is 1.35 bits per heavy atom. The molecule has 7 heteroatoms. The number of nitrogens with one attached hydrogen (secondary N) is 1. The minimum absolute atomic E-state index is 0.139. The van der Waals surface area contributed by atoms with Crippen LogP contribution in [-0.4, -0.2) is 78.4 Å². The molecule has 4 aliphatic rings. The summed E-state index contributed by atoms with van der Waals surface area (Å²) in [5.74, 6) is 1.59. The van der Waals surface area contributed by atoms with Crippen molar-refractivity contribution < 1.29 is 14.3 Å². The van der Waals surface area contributed by atoms with Crippen molar-refractivity contribution in [2.24, 2.45) is 16.3 Å². The summed E-state index contributed by atoms with van der Waals surface area (Å²) >= 11 is 0. The lowest BCUT2D eigenvalue weighted by atomic mass is 9.57. The van der Waals surface area contributed by atoms with Gasteiger partial charge in [-0.1, -0.05) is 13.8 Å². The molecule has 146 valence electrons. The van der Waals surface area contributed by atoms with Crippen LogP contribution in [-0.2, 0) is 9.47 Å². The highest BCUT2D eigenvalue weighted by Gasteiger charge is 2.60. The normalized spacial score (nSPS) is 35.3. The zero-order chi connectivity index (χ0) is 18.7. The fourth-order valence-electron chi connectivity index (χ4n) is 4.95. The summed E-state index contributed by atoms with van der Waals surface area (Å²) in [6, 6.07) is 0.661. The highest BCUT2D eigenvalue weighted by molar-refractivity contribution is 5.83. The van der Waals surface area contributed by atoms with Gasteiger partial charge in [-0.05, 0) is 27.2 Å². The molecule has 2 saturated heterocycles. The first kappa shape index (κ1) is 17.9. The molecule has 0 spiro atoms. The summed E-state index contributed by atoms with van der Waals surface area (Å²) in [6.07, 6.45) is 1.29. The lowest BCUT2D eigenvalue weighted by molar-refractivity contribution is -0.107. The van der Waals surface area contributed by atoms with Crippen LogP contribution in [0.25, 0.3) is 0 Å². The lowest BCUT2D eigenvalue weighted by Crippen LogP contribution is -2.68. The summed E-state index contributed by atoms with van der Waals surface area (Å²) in [5, 5.41) is 3.72. The van der Waals surface area contributed by atoms with Crippen LogP contribution in [0.2, 0.25) is 0 Å². The molecule has 0 aromatic heterocycles. The number of amides is 1. The van der Waals surface area contributed by atoms with Crippen LogP contribution in [0.4, 0.5) is 4.79 Å². The second kappa shape index (κ2) is 6.01. The number of carbonyl (C=O) groups excluding carboxylic acids is 1. The SMILES string of the molecule is CC(C)(C)OC(=O)N1CCN2C(NC3C4CCOC4C3(C)C)=NCC2C1. The molecule has 0 aromatic rings. The zero-order valence-electron chi connectivity index (χ0n) is 16.6. The molecule has 1 N–H and O–H groups in total. The second-order valence-electron chi connectivity index (χ2n) is 9.63. The number of guanidine groups is 1. The van der Waals surface area contributed by atoms with Crippen molar-refractivity contribution in [2.45, 2.75) is 64.8 Å². The van der Waals surface area contributed by atoms with Crippen LogP contribution in [0.15, 0.2) is 4.99 Å². The van der Waals surface area contributed by atoms with Gasteiger partial charge in [0, 0.05) is 43.6 Å². The highest BCUT2D eigenvalue weighted by Crippen LogP contribution is 2.52. The smallest absolute Gasteiger partial charge is 0.410 e. The molecule has 1 aliphatic carbocycles. The number of piperazine rings is 1. The average Bonchev–Trinajstić information content (AvgIpc) is 3.16. The van der Waals surface area contributed by atoms with Crippen molar-refractivity contribution >= 4 is 12.1 Å². The maximum absolute atomic E-state index is 12.3. The monoisotopic (exact) mass is 364 g/mol. The van der Waals surface area contributed by atoms with Crippen LogP contribution < -0.4 is 5.32 Å². The Morgan fingerprint density at radius 3 is 2.85 bits per heavy atom. The van der Waals surface area contributed by atoms with Gasteiger partial charge >= 0.3 is 6.09 Å². The Morgan fingerprint density at radius 2 is 2.12 bits per heavy atom. The zero-order valence-corrected chi connectivity index (χ0v) is 16.6. The largest absolute Gasteiger partial charge is 0.444 e. The number of hydrogen-bond acceptors (Lipinski definition) is 6. The van der Waals surface area contributed by atoms with E-state index < -0.39 is 5.60 Å². The molecule has 3 fully saturated rings. The van der Waals surface area contributed by atoms with E-state index in [9.17, 15) is 4.79 Å². The minimum atomic E-state index is -0.456. The number of nitrogens with zero attached hydrogens (tertiary/aromatic N) is 3. The van der Waals surface area contributed by atoms with E-state index >= 15 is 0 Å². The van der Waals surface area contributed by atoms with Gasteiger partial charge in [0.05, 0.1) is 18.7 Å². The molecule has 0 aromatic carbocycles. The van der Waals surface area contributed by atoms with Gasteiger partial charge in [0.25, 0.3) is 0 Å². The van der Waals surface area contributed by atoms with Crippen molar-refractivity contribution in [1.29, 1.82) is 0 Å². The number of aliphatic imine (C=N–C) groups is 1. The maximum atomic E-state index is 12.3. The Labute approximate surface area is 156 Å². The van der Waals surface area contributed by atoms with E-state index in [2.05, 4.69) is 24.1 Å².